The Kier molecular flexibility index (Phi) is 6.31. The lowest BCUT2D eigenvalue weighted by atomic mass is 10.2. The zero-order chi connectivity index (χ0) is 13.5. The van der Waals surface area contributed by atoms with Gasteiger partial charge in [0, 0.05) is 16.6 Å². The lowest BCUT2D eigenvalue weighted by molar-refractivity contribution is 0.471. The van der Waals surface area contributed by atoms with Crippen molar-refractivity contribution in [2.45, 2.75) is 0 Å². The molecule has 0 unspecified atom stereocenters. The van der Waals surface area contributed by atoms with E-state index in [4.69, 9.17) is 12.2 Å². The zero-order valence-electron chi connectivity index (χ0n) is 9.28. The summed E-state index contributed by atoms with van der Waals surface area (Å²) in [5.41, 5.74) is 3.20. The second-order valence-electron chi connectivity index (χ2n) is 3.19. The van der Waals surface area contributed by atoms with Crippen molar-refractivity contribution in [2.75, 3.05) is 6.54 Å². The fourth-order valence-electron chi connectivity index (χ4n) is 1.05. The molecule has 0 spiro atoms. The summed E-state index contributed by atoms with van der Waals surface area (Å²) in [6.07, 6.45) is 3.17. The van der Waals surface area contributed by atoms with E-state index in [2.05, 4.69) is 54.3 Å². The van der Waals surface area contributed by atoms with Gasteiger partial charge in [-0.25, -0.2) is 0 Å². The maximum absolute atomic E-state index is 9.78. The number of thiocarbonyl (C=S) groups is 1. The second-order valence-corrected chi connectivity index (χ2v) is 5.37. The number of aromatic hydroxyl groups is 1. The Morgan fingerprint density at radius 2 is 2.22 bits per heavy atom. The summed E-state index contributed by atoms with van der Waals surface area (Å²) >= 11 is 11.5. The molecule has 0 radical (unpaired) electrons. The van der Waals surface area contributed by atoms with E-state index in [1.165, 1.54) is 6.21 Å². The minimum Gasteiger partial charge on any atom is -0.506 e. The van der Waals surface area contributed by atoms with Crippen molar-refractivity contribution >= 4 is 55.4 Å². The van der Waals surface area contributed by atoms with Crippen molar-refractivity contribution in [2.24, 2.45) is 5.10 Å². The van der Waals surface area contributed by atoms with Crippen LogP contribution >= 0.6 is 44.1 Å². The predicted octanol–water partition coefficient (Wildman–Crippen LogP) is 2.90. The number of rotatable bonds is 4. The van der Waals surface area contributed by atoms with Crippen molar-refractivity contribution in [3.63, 3.8) is 0 Å². The average molecular weight is 393 g/mol. The van der Waals surface area contributed by atoms with Gasteiger partial charge in [-0.15, -0.1) is 6.58 Å². The molecule has 7 heteroatoms. The van der Waals surface area contributed by atoms with Gasteiger partial charge in [0.2, 0.25) is 0 Å². The van der Waals surface area contributed by atoms with Crippen LogP contribution in [0.25, 0.3) is 0 Å². The maximum atomic E-state index is 9.78. The summed E-state index contributed by atoms with van der Waals surface area (Å²) in [5.74, 6) is 0.119. The number of halogens is 2. The van der Waals surface area contributed by atoms with Crippen molar-refractivity contribution in [1.29, 1.82) is 0 Å². The van der Waals surface area contributed by atoms with Gasteiger partial charge in [-0.3, -0.25) is 5.43 Å². The van der Waals surface area contributed by atoms with Crippen molar-refractivity contribution in [1.82, 2.24) is 10.7 Å². The van der Waals surface area contributed by atoms with E-state index in [1.807, 2.05) is 0 Å². The predicted molar refractivity (Wildman–Crippen MR) is 85.0 cm³/mol. The van der Waals surface area contributed by atoms with Crippen LogP contribution in [0.2, 0.25) is 0 Å². The highest BCUT2D eigenvalue weighted by molar-refractivity contribution is 9.11. The summed E-state index contributed by atoms with van der Waals surface area (Å²) < 4.78 is 1.42. The molecule has 1 rings (SSSR count). The summed E-state index contributed by atoms with van der Waals surface area (Å²) in [5, 5.41) is 17.0. The van der Waals surface area contributed by atoms with Crippen molar-refractivity contribution in [3.8, 4) is 5.75 Å². The molecule has 3 N–H and O–H groups in total. The van der Waals surface area contributed by atoms with Crippen LogP contribution in [0.5, 0.6) is 5.75 Å². The number of hydrazone groups is 1. The molecule has 0 atom stereocenters. The number of phenolic OH excluding ortho intramolecular Hbond substituents is 1. The fourth-order valence-corrected chi connectivity index (χ4v) is 2.44. The molecule has 0 aliphatic carbocycles. The Labute approximate surface area is 127 Å². The lowest BCUT2D eigenvalue weighted by Gasteiger charge is -2.05. The molecule has 1 aromatic carbocycles. The van der Waals surface area contributed by atoms with Gasteiger partial charge in [-0.2, -0.15) is 5.10 Å². The minimum absolute atomic E-state index is 0.119. The topological polar surface area (TPSA) is 56.7 Å². The molecule has 0 saturated heterocycles. The number of hydrogen-bond acceptors (Lipinski definition) is 3. The Bertz CT molecular complexity index is 491. The van der Waals surface area contributed by atoms with Crippen LogP contribution in [0, 0.1) is 0 Å². The first-order chi connectivity index (χ1) is 8.54. The summed E-state index contributed by atoms with van der Waals surface area (Å²) in [7, 11) is 0. The van der Waals surface area contributed by atoms with Gasteiger partial charge in [-0.1, -0.05) is 22.0 Å². The molecule has 0 amide bonds. The van der Waals surface area contributed by atoms with Crippen LogP contribution in [0.4, 0.5) is 0 Å². The molecule has 0 aliphatic rings. The summed E-state index contributed by atoms with van der Waals surface area (Å²) in [4.78, 5) is 0. The van der Waals surface area contributed by atoms with Gasteiger partial charge >= 0.3 is 0 Å². The highest BCUT2D eigenvalue weighted by Crippen LogP contribution is 2.30. The largest absolute Gasteiger partial charge is 0.506 e. The third-order valence-electron chi connectivity index (χ3n) is 1.83. The van der Waals surface area contributed by atoms with E-state index in [0.717, 1.165) is 4.47 Å². The van der Waals surface area contributed by atoms with Crippen LogP contribution in [0.1, 0.15) is 5.56 Å². The highest BCUT2D eigenvalue weighted by Gasteiger charge is 2.05. The molecular weight excluding hydrogens is 382 g/mol. The van der Waals surface area contributed by atoms with Crippen LogP contribution < -0.4 is 10.7 Å². The second kappa shape index (κ2) is 7.50. The summed E-state index contributed by atoms with van der Waals surface area (Å²) in [6, 6.07) is 3.49. The molecular formula is C11H11Br2N3OS. The minimum atomic E-state index is 0.119. The molecule has 0 fully saturated rings. The molecule has 1 aromatic rings. The highest BCUT2D eigenvalue weighted by atomic mass is 79.9. The molecule has 18 heavy (non-hydrogen) atoms. The maximum Gasteiger partial charge on any atom is 0.187 e. The first kappa shape index (κ1) is 15.1. The molecule has 0 bridgehead atoms. The molecule has 96 valence electrons. The summed E-state index contributed by atoms with van der Waals surface area (Å²) in [6.45, 7) is 4.12. The van der Waals surface area contributed by atoms with E-state index in [0.29, 0.717) is 21.7 Å². The Morgan fingerprint density at radius 1 is 1.50 bits per heavy atom. The molecule has 0 aliphatic heterocycles. The van der Waals surface area contributed by atoms with Crippen LogP contribution in [0.3, 0.4) is 0 Å². The van der Waals surface area contributed by atoms with Crippen molar-refractivity contribution in [3.05, 3.63) is 39.3 Å². The smallest absolute Gasteiger partial charge is 0.187 e. The van der Waals surface area contributed by atoms with Gasteiger partial charge in [0.15, 0.2) is 5.11 Å². The van der Waals surface area contributed by atoms with Gasteiger partial charge in [0.25, 0.3) is 0 Å². The lowest BCUT2D eigenvalue weighted by Crippen LogP contribution is -2.31. The number of phenols is 1. The number of nitrogens with zero attached hydrogens (tertiary/aromatic N) is 1. The van der Waals surface area contributed by atoms with E-state index in [1.54, 1.807) is 18.2 Å². The van der Waals surface area contributed by atoms with Crippen LogP contribution in [-0.4, -0.2) is 23.0 Å². The monoisotopic (exact) mass is 391 g/mol. The van der Waals surface area contributed by atoms with Crippen LogP contribution in [0.15, 0.2) is 38.8 Å². The van der Waals surface area contributed by atoms with E-state index in [-0.39, 0.29) is 5.75 Å². The third-order valence-corrected chi connectivity index (χ3v) is 3.13. The SMILES string of the molecule is C=CCNC(=S)NN=Cc1cc(Br)cc(Br)c1O. The Balaban J connectivity index is 2.67. The van der Waals surface area contributed by atoms with Gasteiger partial charge in [-0.05, 0) is 40.3 Å². The molecule has 4 nitrogen and oxygen atoms in total. The molecule has 0 saturated carbocycles. The average Bonchev–Trinajstić information content (AvgIpc) is 2.32. The van der Waals surface area contributed by atoms with Crippen molar-refractivity contribution < 1.29 is 5.11 Å². The number of nitrogens with one attached hydrogen (secondary N) is 2. The molecule has 0 heterocycles. The first-order valence-corrected chi connectivity index (χ1v) is 6.90. The fraction of sp³-hybridized carbons (Fsp3) is 0.0909. The quantitative estimate of drug-likeness (QED) is 0.319. The Morgan fingerprint density at radius 3 is 2.89 bits per heavy atom. The van der Waals surface area contributed by atoms with Gasteiger partial charge in [0.05, 0.1) is 10.7 Å². The normalized spacial score (nSPS) is 10.3. The van der Waals surface area contributed by atoms with Crippen LogP contribution in [-0.2, 0) is 0 Å². The molecule has 0 aromatic heterocycles. The van der Waals surface area contributed by atoms with E-state index in [9.17, 15) is 5.11 Å². The number of hydrogen-bond donors (Lipinski definition) is 3. The zero-order valence-corrected chi connectivity index (χ0v) is 13.3. The van der Waals surface area contributed by atoms with E-state index < -0.39 is 0 Å². The van der Waals surface area contributed by atoms with Gasteiger partial charge in [0.1, 0.15) is 5.75 Å². The first-order valence-electron chi connectivity index (χ1n) is 4.90. The van der Waals surface area contributed by atoms with Gasteiger partial charge < -0.3 is 10.4 Å². The Hall–Kier alpha value is -0.920. The number of benzene rings is 1. The van der Waals surface area contributed by atoms with E-state index >= 15 is 0 Å². The standard InChI is InChI=1S/C11H11Br2N3OS/c1-2-3-14-11(18)16-15-6-7-4-8(12)5-9(13)10(7)17/h2,4-6,17H,1,3H2,(H2,14,16,18). The third kappa shape index (κ3) is 4.75.